The maximum absolute atomic E-state index is 11.9. The third kappa shape index (κ3) is 2.82. The van der Waals surface area contributed by atoms with E-state index in [1.54, 1.807) is 4.90 Å². The maximum atomic E-state index is 11.9. The predicted octanol–water partition coefficient (Wildman–Crippen LogP) is 1.93. The van der Waals surface area contributed by atoms with E-state index in [0.29, 0.717) is 19.6 Å². The van der Waals surface area contributed by atoms with E-state index in [-0.39, 0.29) is 11.9 Å². The van der Waals surface area contributed by atoms with Crippen LogP contribution in [0.5, 0.6) is 5.75 Å². The highest BCUT2D eigenvalue weighted by atomic mass is 16.5. The van der Waals surface area contributed by atoms with Crippen LogP contribution in [0.15, 0.2) is 24.3 Å². The summed E-state index contributed by atoms with van der Waals surface area (Å²) in [6, 6.07) is 7.59. The minimum Gasteiger partial charge on any atom is -0.491 e. The van der Waals surface area contributed by atoms with Gasteiger partial charge in [0.2, 0.25) is 5.91 Å². The van der Waals surface area contributed by atoms with Gasteiger partial charge in [0.1, 0.15) is 5.75 Å². The van der Waals surface area contributed by atoms with Crippen molar-refractivity contribution in [3.05, 3.63) is 24.3 Å². The first-order valence-corrected chi connectivity index (χ1v) is 6.50. The van der Waals surface area contributed by atoms with E-state index in [4.69, 9.17) is 10.5 Å². The minimum atomic E-state index is -0.0683. The zero-order chi connectivity index (χ0) is 13.0. The molecule has 1 saturated heterocycles. The van der Waals surface area contributed by atoms with Gasteiger partial charge >= 0.3 is 0 Å². The monoisotopic (exact) mass is 248 g/mol. The molecule has 18 heavy (non-hydrogen) atoms. The number of para-hydroxylation sites is 2. The van der Waals surface area contributed by atoms with Crippen molar-refractivity contribution >= 4 is 11.6 Å². The van der Waals surface area contributed by atoms with Crippen LogP contribution in [0.4, 0.5) is 5.69 Å². The number of anilines is 1. The second kappa shape index (κ2) is 5.87. The molecule has 0 saturated carbocycles. The Bertz CT molecular complexity index is 420. The lowest BCUT2D eigenvalue weighted by molar-refractivity contribution is -0.117. The van der Waals surface area contributed by atoms with Gasteiger partial charge in [-0.05, 0) is 18.6 Å². The van der Waals surface area contributed by atoms with Crippen LogP contribution < -0.4 is 15.4 Å². The van der Waals surface area contributed by atoms with Crippen molar-refractivity contribution in [2.24, 2.45) is 5.73 Å². The highest BCUT2D eigenvalue weighted by Gasteiger charge is 2.29. The molecule has 1 aliphatic heterocycles. The van der Waals surface area contributed by atoms with Crippen molar-refractivity contribution in [3.8, 4) is 5.75 Å². The van der Waals surface area contributed by atoms with Crippen molar-refractivity contribution in [1.82, 2.24) is 0 Å². The molecule has 1 amide bonds. The molecule has 2 N–H and O–H groups in total. The van der Waals surface area contributed by atoms with Crippen LogP contribution in [0.1, 0.15) is 26.2 Å². The predicted molar refractivity (Wildman–Crippen MR) is 71.8 cm³/mol. The van der Waals surface area contributed by atoms with E-state index in [1.807, 2.05) is 24.3 Å². The van der Waals surface area contributed by atoms with E-state index in [9.17, 15) is 4.79 Å². The Morgan fingerprint density at radius 3 is 2.89 bits per heavy atom. The van der Waals surface area contributed by atoms with Gasteiger partial charge in [0.05, 0.1) is 12.3 Å². The Hall–Kier alpha value is -1.55. The third-order valence-electron chi connectivity index (χ3n) is 3.07. The van der Waals surface area contributed by atoms with Gasteiger partial charge in [-0.2, -0.15) is 0 Å². The molecule has 1 heterocycles. The number of unbranched alkanes of at least 4 members (excludes halogenated alkanes) is 1. The minimum absolute atomic E-state index is 0.0683. The fraction of sp³-hybridized carbons (Fsp3) is 0.500. The topological polar surface area (TPSA) is 55.6 Å². The van der Waals surface area contributed by atoms with Crippen molar-refractivity contribution in [2.45, 2.75) is 32.2 Å². The number of carbonyl (C=O) groups excluding carboxylic acids is 1. The second-order valence-electron chi connectivity index (χ2n) is 4.64. The molecule has 1 fully saturated rings. The smallest absolute Gasteiger partial charge is 0.228 e. The molecule has 0 radical (unpaired) electrons. The number of amides is 1. The number of nitrogens with two attached hydrogens (primary N) is 1. The van der Waals surface area contributed by atoms with E-state index in [0.717, 1.165) is 24.3 Å². The van der Waals surface area contributed by atoms with E-state index < -0.39 is 0 Å². The number of hydrogen-bond donors (Lipinski definition) is 1. The van der Waals surface area contributed by atoms with E-state index in [2.05, 4.69) is 6.92 Å². The zero-order valence-corrected chi connectivity index (χ0v) is 10.8. The standard InChI is InChI=1S/C14H20N2O2/c1-2-3-8-18-13-7-5-4-6-12(13)16-10-11(15)9-14(16)17/h4-7,11H,2-3,8-10,15H2,1H3. The molecule has 2 rings (SSSR count). The number of benzene rings is 1. The van der Waals surface area contributed by atoms with Gasteiger partial charge in [0, 0.05) is 19.0 Å². The molecule has 4 heteroatoms. The molecule has 0 aromatic heterocycles. The Kier molecular flexibility index (Phi) is 4.20. The van der Waals surface area contributed by atoms with Crippen LogP contribution in [-0.2, 0) is 4.79 Å². The van der Waals surface area contributed by atoms with Crippen LogP contribution in [0, 0.1) is 0 Å². The molecule has 1 aromatic rings. The van der Waals surface area contributed by atoms with Gasteiger partial charge in [-0.3, -0.25) is 4.79 Å². The van der Waals surface area contributed by atoms with Gasteiger partial charge in [0.25, 0.3) is 0 Å². The first-order chi connectivity index (χ1) is 8.72. The lowest BCUT2D eigenvalue weighted by atomic mass is 10.2. The largest absolute Gasteiger partial charge is 0.491 e. The van der Waals surface area contributed by atoms with Crippen molar-refractivity contribution in [1.29, 1.82) is 0 Å². The fourth-order valence-electron chi connectivity index (χ4n) is 2.10. The number of ether oxygens (including phenoxy) is 1. The summed E-state index contributed by atoms with van der Waals surface area (Å²) in [5, 5.41) is 0. The first kappa shape index (κ1) is 12.9. The normalized spacial score (nSPS) is 19.3. The van der Waals surface area contributed by atoms with Crippen molar-refractivity contribution in [2.75, 3.05) is 18.1 Å². The molecule has 98 valence electrons. The number of carbonyl (C=O) groups is 1. The number of hydrogen-bond acceptors (Lipinski definition) is 3. The summed E-state index contributed by atoms with van der Waals surface area (Å²) in [7, 11) is 0. The van der Waals surface area contributed by atoms with Gasteiger partial charge in [-0.25, -0.2) is 0 Å². The fourth-order valence-corrected chi connectivity index (χ4v) is 2.10. The quantitative estimate of drug-likeness (QED) is 0.810. The van der Waals surface area contributed by atoms with Gasteiger partial charge in [-0.15, -0.1) is 0 Å². The van der Waals surface area contributed by atoms with Crippen LogP contribution >= 0.6 is 0 Å². The summed E-state index contributed by atoms with van der Waals surface area (Å²) in [6.45, 7) is 3.38. The van der Waals surface area contributed by atoms with E-state index in [1.165, 1.54) is 0 Å². The molecule has 1 atom stereocenters. The number of nitrogens with zero attached hydrogens (tertiary/aromatic N) is 1. The Morgan fingerprint density at radius 2 is 2.22 bits per heavy atom. The molecule has 1 unspecified atom stereocenters. The zero-order valence-electron chi connectivity index (χ0n) is 10.8. The summed E-state index contributed by atoms with van der Waals surface area (Å²) in [5.41, 5.74) is 6.66. The molecule has 0 spiro atoms. The Labute approximate surface area is 108 Å². The summed E-state index contributed by atoms with van der Waals surface area (Å²) in [5.74, 6) is 0.849. The summed E-state index contributed by atoms with van der Waals surface area (Å²) in [6.07, 6.45) is 2.53. The average Bonchev–Trinajstić information content (AvgIpc) is 2.69. The third-order valence-corrected chi connectivity index (χ3v) is 3.07. The molecule has 0 bridgehead atoms. The van der Waals surface area contributed by atoms with Crippen LogP contribution in [0.2, 0.25) is 0 Å². The summed E-state index contributed by atoms with van der Waals surface area (Å²) < 4.78 is 5.74. The highest BCUT2D eigenvalue weighted by molar-refractivity contribution is 5.97. The second-order valence-corrected chi connectivity index (χ2v) is 4.64. The molecule has 4 nitrogen and oxygen atoms in total. The number of rotatable bonds is 5. The van der Waals surface area contributed by atoms with Crippen molar-refractivity contribution < 1.29 is 9.53 Å². The molecule has 0 aliphatic carbocycles. The molecule has 1 aliphatic rings. The lowest BCUT2D eigenvalue weighted by Crippen LogP contribution is -2.28. The van der Waals surface area contributed by atoms with Crippen LogP contribution in [0.3, 0.4) is 0 Å². The van der Waals surface area contributed by atoms with Gasteiger partial charge in [-0.1, -0.05) is 25.5 Å². The van der Waals surface area contributed by atoms with Crippen LogP contribution in [-0.4, -0.2) is 25.1 Å². The Morgan fingerprint density at radius 1 is 1.44 bits per heavy atom. The van der Waals surface area contributed by atoms with Crippen LogP contribution in [0.25, 0.3) is 0 Å². The highest BCUT2D eigenvalue weighted by Crippen LogP contribution is 2.31. The maximum Gasteiger partial charge on any atom is 0.228 e. The summed E-state index contributed by atoms with van der Waals surface area (Å²) in [4.78, 5) is 13.6. The summed E-state index contributed by atoms with van der Waals surface area (Å²) >= 11 is 0. The SMILES string of the molecule is CCCCOc1ccccc1N1CC(N)CC1=O. The molecular formula is C14H20N2O2. The van der Waals surface area contributed by atoms with Gasteiger partial charge in [0.15, 0.2) is 0 Å². The lowest BCUT2D eigenvalue weighted by Gasteiger charge is -2.20. The molecular weight excluding hydrogens is 228 g/mol. The van der Waals surface area contributed by atoms with E-state index >= 15 is 0 Å². The van der Waals surface area contributed by atoms with Gasteiger partial charge < -0.3 is 15.4 Å². The first-order valence-electron chi connectivity index (χ1n) is 6.50. The Balaban J connectivity index is 2.14. The van der Waals surface area contributed by atoms with Crippen molar-refractivity contribution in [3.63, 3.8) is 0 Å². The molecule has 1 aromatic carbocycles. The average molecular weight is 248 g/mol.